The molecule has 4 aromatic rings. The first kappa shape index (κ1) is 17.7. The molecule has 0 saturated heterocycles. The summed E-state index contributed by atoms with van der Waals surface area (Å²) in [6.07, 6.45) is 4.99. The number of carbonyl (C=O) groups excluding carboxylic acids is 1. The molecule has 28 heavy (non-hydrogen) atoms. The number of pyridine rings is 1. The lowest BCUT2D eigenvalue weighted by atomic mass is 10.0. The summed E-state index contributed by atoms with van der Waals surface area (Å²) in [6, 6.07) is 18.9. The standard InChI is InChI=1S/C23H19N3O2/c1-26(2)18-11-9-16(10-12-18)14-19(22(27)17-6-5-13-24-15-17)23-25-20-7-3-4-8-21(20)28-23/h3-15H,1-2H3/b19-14+. The molecule has 0 aliphatic rings. The van der Waals surface area contributed by atoms with Gasteiger partial charge in [-0.05, 0) is 48.0 Å². The van der Waals surface area contributed by atoms with Gasteiger partial charge in [0.05, 0.1) is 5.57 Å². The lowest BCUT2D eigenvalue weighted by Gasteiger charge is -2.12. The van der Waals surface area contributed by atoms with E-state index in [-0.39, 0.29) is 5.78 Å². The second-order valence-electron chi connectivity index (χ2n) is 6.60. The molecule has 0 unspecified atom stereocenters. The van der Waals surface area contributed by atoms with Crippen molar-refractivity contribution in [3.05, 3.63) is 90.1 Å². The number of benzene rings is 2. The van der Waals surface area contributed by atoms with Gasteiger partial charge in [-0.15, -0.1) is 0 Å². The van der Waals surface area contributed by atoms with Gasteiger partial charge in [0, 0.05) is 37.7 Å². The number of nitrogens with zero attached hydrogens (tertiary/aromatic N) is 3. The second kappa shape index (κ2) is 7.48. The molecule has 4 rings (SSSR count). The van der Waals surface area contributed by atoms with Crippen LogP contribution in [0.3, 0.4) is 0 Å². The van der Waals surface area contributed by atoms with Crippen molar-refractivity contribution in [2.24, 2.45) is 0 Å². The van der Waals surface area contributed by atoms with Crippen LogP contribution in [-0.2, 0) is 0 Å². The number of allylic oxidation sites excluding steroid dienone is 1. The number of para-hydroxylation sites is 2. The maximum Gasteiger partial charge on any atom is 0.231 e. The second-order valence-corrected chi connectivity index (χ2v) is 6.60. The fraction of sp³-hybridized carbons (Fsp3) is 0.0870. The van der Waals surface area contributed by atoms with E-state index in [0.29, 0.717) is 28.1 Å². The maximum atomic E-state index is 13.2. The van der Waals surface area contributed by atoms with Crippen molar-refractivity contribution < 1.29 is 9.21 Å². The van der Waals surface area contributed by atoms with Gasteiger partial charge in [-0.3, -0.25) is 9.78 Å². The summed E-state index contributed by atoms with van der Waals surface area (Å²) >= 11 is 0. The summed E-state index contributed by atoms with van der Waals surface area (Å²) in [6.45, 7) is 0. The Morgan fingerprint density at radius 3 is 2.46 bits per heavy atom. The molecule has 0 atom stereocenters. The molecule has 0 N–H and O–H groups in total. The molecule has 0 bridgehead atoms. The van der Waals surface area contributed by atoms with Crippen LogP contribution in [0.5, 0.6) is 0 Å². The third-order valence-electron chi connectivity index (χ3n) is 4.41. The fourth-order valence-corrected chi connectivity index (χ4v) is 2.90. The third kappa shape index (κ3) is 3.55. The van der Waals surface area contributed by atoms with Gasteiger partial charge in [0.1, 0.15) is 5.52 Å². The molecule has 0 amide bonds. The zero-order valence-corrected chi connectivity index (χ0v) is 15.7. The molecule has 0 aliphatic heterocycles. The van der Waals surface area contributed by atoms with Gasteiger partial charge in [-0.2, -0.15) is 0 Å². The van der Waals surface area contributed by atoms with E-state index in [0.717, 1.165) is 11.3 Å². The number of rotatable bonds is 5. The van der Waals surface area contributed by atoms with Crippen LogP contribution in [0.15, 0.2) is 77.5 Å². The molecule has 138 valence electrons. The summed E-state index contributed by atoms with van der Waals surface area (Å²) in [7, 11) is 3.97. The van der Waals surface area contributed by atoms with Gasteiger partial charge in [-0.25, -0.2) is 4.98 Å². The molecule has 0 fully saturated rings. The van der Waals surface area contributed by atoms with Gasteiger partial charge < -0.3 is 9.32 Å². The van der Waals surface area contributed by atoms with Crippen LogP contribution in [0.4, 0.5) is 5.69 Å². The minimum absolute atomic E-state index is 0.184. The highest BCUT2D eigenvalue weighted by atomic mass is 16.3. The molecule has 2 aromatic carbocycles. The van der Waals surface area contributed by atoms with Crippen molar-refractivity contribution in [3.63, 3.8) is 0 Å². The van der Waals surface area contributed by atoms with Crippen molar-refractivity contribution in [2.75, 3.05) is 19.0 Å². The molecule has 5 heteroatoms. The molecule has 2 heterocycles. The lowest BCUT2D eigenvalue weighted by Crippen LogP contribution is -2.08. The number of Topliss-reactive ketones (excluding diaryl/α,β-unsaturated/α-hetero) is 1. The highest BCUT2D eigenvalue weighted by Gasteiger charge is 2.20. The van der Waals surface area contributed by atoms with Crippen LogP contribution in [0, 0.1) is 0 Å². The Balaban J connectivity index is 1.82. The van der Waals surface area contributed by atoms with Crippen molar-refractivity contribution in [1.29, 1.82) is 0 Å². The number of hydrogen-bond acceptors (Lipinski definition) is 5. The first-order chi connectivity index (χ1) is 13.6. The van der Waals surface area contributed by atoms with Gasteiger partial charge in [0.2, 0.25) is 5.89 Å². The van der Waals surface area contributed by atoms with Gasteiger partial charge in [-0.1, -0.05) is 24.3 Å². The topological polar surface area (TPSA) is 59.2 Å². The van der Waals surface area contributed by atoms with E-state index < -0.39 is 0 Å². The molecule has 0 radical (unpaired) electrons. The van der Waals surface area contributed by atoms with E-state index >= 15 is 0 Å². The van der Waals surface area contributed by atoms with E-state index in [1.807, 2.05) is 67.5 Å². The van der Waals surface area contributed by atoms with Crippen molar-refractivity contribution >= 4 is 34.2 Å². The normalized spacial score (nSPS) is 11.6. The van der Waals surface area contributed by atoms with Crippen molar-refractivity contribution in [2.45, 2.75) is 0 Å². The summed E-state index contributed by atoms with van der Waals surface area (Å²) in [5.74, 6) is 0.114. The number of oxazole rings is 1. The van der Waals surface area contributed by atoms with Crippen LogP contribution in [0.2, 0.25) is 0 Å². The summed E-state index contributed by atoms with van der Waals surface area (Å²) < 4.78 is 5.88. The minimum Gasteiger partial charge on any atom is -0.436 e. The molecular formula is C23H19N3O2. The average molecular weight is 369 g/mol. The van der Waals surface area contributed by atoms with Gasteiger partial charge in [0.15, 0.2) is 11.4 Å². The Labute approximate surface area is 163 Å². The molecule has 5 nitrogen and oxygen atoms in total. The van der Waals surface area contributed by atoms with Crippen molar-refractivity contribution in [3.8, 4) is 0 Å². The van der Waals surface area contributed by atoms with Crippen LogP contribution in [0.1, 0.15) is 21.8 Å². The SMILES string of the molecule is CN(C)c1ccc(/C=C(\C(=O)c2cccnc2)c2nc3ccccc3o2)cc1. The van der Waals surface area contributed by atoms with E-state index in [9.17, 15) is 4.79 Å². The first-order valence-corrected chi connectivity index (χ1v) is 8.91. The Morgan fingerprint density at radius 2 is 1.79 bits per heavy atom. The highest BCUT2D eigenvalue weighted by Crippen LogP contribution is 2.26. The number of carbonyl (C=O) groups is 1. The highest BCUT2D eigenvalue weighted by molar-refractivity contribution is 6.31. The number of fused-ring (bicyclic) bond motifs is 1. The van der Waals surface area contributed by atoms with Gasteiger partial charge >= 0.3 is 0 Å². The summed E-state index contributed by atoms with van der Waals surface area (Å²) in [5, 5.41) is 0. The summed E-state index contributed by atoms with van der Waals surface area (Å²) in [5.41, 5.74) is 4.21. The van der Waals surface area contributed by atoms with E-state index in [1.165, 1.54) is 0 Å². The van der Waals surface area contributed by atoms with Crippen LogP contribution >= 0.6 is 0 Å². The predicted octanol–water partition coefficient (Wildman–Crippen LogP) is 4.71. The molecule has 0 spiro atoms. The number of ketones is 1. The number of anilines is 1. The van der Waals surface area contributed by atoms with E-state index in [2.05, 4.69) is 9.97 Å². The monoisotopic (exact) mass is 369 g/mol. The number of aromatic nitrogens is 2. The Bertz CT molecular complexity index is 1110. The van der Waals surface area contributed by atoms with Crippen LogP contribution in [-0.4, -0.2) is 29.8 Å². The van der Waals surface area contributed by atoms with Gasteiger partial charge in [0.25, 0.3) is 0 Å². The maximum absolute atomic E-state index is 13.2. The third-order valence-corrected chi connectivity index (χ3v) is 4.41. The Hall–Kier alpha value is -3.73. The predicted molar refractivity (Wildman–Crippen MR) is 111 cm³/mol. The van der Waals surface area contributed by atoms with Crippen molar-refractivity contribution in [1.82, 2.24) is 9.97 Å². The van der Waals surface area contributed by atoms with Crippen LogP contribution < -0.4 is 4.90 Å². The Kier molecular flexibility index (Phi) is 4.72. The molecule has 2 aromatic heterocycles. The average Bonchev–Trinajstić information content (AvgIpc) is 3.16. The first-order valence-electron chi connectivity index (χ1n) is 8.91. The summed E-state index contributed by atoms with van der Waals surface area (Å²) in [4.78, 5) is 23.8. The lowest BCUT2D eigenvalue weighted by molar-refractivity contribution is 0.105. The molecule has 0 aliphatic carbocycles. The molecular weight excluding hydrogens is 350 g/mol. The zero-order valence-electron chi connectivity index (χ0n) is 15.7. The smallest absolute Gasteiger partial charge is 0.231 e. The van der Waals surface area contributed by atoms with Crippen LogP contribution in [0.25, 0.3) is 22.7 Å². The minimum atomic E-state index is -0.184. The van der Waals surface area contributed by atoms with E-state index in [1.54, 1.807) is 30.6 Å². The number of hydrogen-bond donors (Lipinski definition) is 0. The fourth-order valence-electron chi connectivity index (χ4n) is 2.90. The largest absolute Gasteiger partial charge is 0.436 e. The Morgan fingerprint density at radius 1 is 1.00 bits per heavy atom. The quantitative estimate of drug-likeness (QED) is 0.377. The van der Waals surface area contributed by atoms with E-state index in [4.69, 9.17) is 4.42 Å². The zero-order chi connectivity index (χ0) is 19.5. The molecule has 0 saturated carbocycles.